The van der Waals surface area contributed by atoms with Crippen LogP contribution in [0.15, 0.2) is 53.2 Å². The third-order valence-corrected chi connectivity index (χ3v) is 7.65. The van der Waals surface area contributed by atoms with Crippen LogP contribution in [0.4, 0.5) is 13.2 Å². The van der Waals surface area contributed by atoms with Gasteiger partial charge >= 0.3 is 6.18 Å². The van der Waals surface area contributed by atoms with E-state index in [0.29, 0.717) is 35.7 Å². The lowest BCUT2D eigenvalue weighted by Crippen LogP contribution is -2.60. The molecule has 3 aromatic rings. The number of carbonyl (C=O) groups is 2. The number of benzene rings is 1. The zero-order chi connectivity index (χ0) is 30.6. The van der Waals surface area contributed by atoms with Crippen molar-refractivity contribution in [3.63, 3.8) is 0 Å². The molecular weight excluding hydrogens is 571 g/mol. The number of furan rings is 1. The van der Waals surface area contributed by atoms with Crippen molar-refractivity contribution in [3.8, 4) is 5.75 Å². The van der Waals surface area contributed by atoms with Crippen molar-refractivity contribution < 1.29 is 42.1 Å². The molecule has 0 aliphatic carbocycles. The van der Waals surface area contributed by atoms with Gasteiger partial charge in [0.1, 0.15) is 42.4 Å². The second-order valence-electron chi connectivity index (χ2n) is 10.9. The molecule has 0 bridgehead atoms. The van der Waals surface area contributed by atoms with Crippen LogP contribution in [0.25, 0.3) is 11.0 Å². The lowest BCUT2D eigenvalue weighted by molar-refractivity contribution is -0.142. The summed E-state index contributed by atoms with van der Waals surface area (Å²) < 4.78 is 49.5. The first-order chi connectivity index (χ1) is 20.6. The zero-order valence-electron chi connectivity index (χ0n) is 23.2. The smallest absolute Gasteiger partial charge is 0.405 e. The maximum atomic E-state index is 13.7. The lowest BCUT2D eigenvalue weighted by atomic mass is 9.92. The Morgan fingerprint density at radius 1 is 1.23 bits per heavy atom. The number of carbonyl (C=O) groups excluding carboxylic acids is 2. The van der Waals surface area contributed by atoms with Gasteiger partial charge in [-0.3, -0.25) is 19.5 Å². The lowest BCUT2D eigenvalue weighted by Gasteiger charge is -2.37. The fourth-order valence-corrected chi connectivity index (χ4v) is 5.56. The summed E-state index contributed by atoms with van der Waals surface area (Å²) >= 11 is 0. The standard InChI is InChI=1S/C29H34F3N5O6/c30-29(31,32)16-35-28(41)22-13-34-7-8-37(22)14-19(38)9-17(10-20-11-18-12-33-6-5-24(18)43-20)27(40)36-26-21-3-1-2-4-25(21)42-15-23(26)39/h1-6,11-12,17,19,22-23,26,34,38-39H,7-10,13-16H2,(H,35,41)(H,36,40)/t17?,19-,22-,23+,26?/m0/s1. The van der Waals surface area contributed by atoms with E-state index in [1.54, 1.807) is 53.7 Å². The summed E-state index contributed by atoms with van der Waals surface area (Å²) in [6, 6.07) is 8.88. The third-order valence-electron chi connectivity index (χ3n) is 7.65. The average molecular weight is 606 g/mol. The number of β-amino-alcohol motifs (C(OH)–C–C–N with tert-alkyl or cyclic N) is 1. The van der Waals surface area contributed by atoms with Gasteiger partial charge in [0.15, 0.2) is 0 Å². The van der Waals surface area contributed by atoms with E-state index in [2.05, 4.69) is 15.6 Å². The highest BCUT2D eigenvalue weighted by Gasteiger charge is 2.36. The van der Waals surface area contributed by atoms with Gasteiger partial charge in [0.05, 0.1) is 12.1 Å². The van der Waals surface area contributed by atoms with E-state index in [4.69, 9.17) is 9.15 Å². The Morgan fingerprint density at radius 3 is 2.84 bits per heavy atom. The molecule has 232 valence electrons. The first kappa shape index (κ1) is 30.7. The maximum absolute atomic E-state index is 13.7. The van der Waals surface area contributed by atoms with Crippen molar-refractivity contribution in [2.24, 2.45) is 5.92 Å². The molecule has 0 spiro atoms. The fraction of sp³-hybridized carbons (Fsp3) is 0.483. The van der Waals surface area contributed by atoms with Crippen molar-refractivity contribution in [1.82, 2.24) is 25.8 Å². The zero-order valence-corrected chi connectivity index (χ0v) is 23.2. The number of aliphatic hydroxyl groups is 2. The molecule has 2 aromatic heterocycles. The van der Waals surface area contributed by atoms with E-state index in [1.165, 1.54) is 0 Å². The number of amides is 2. The number of nitrogens with zero attached hydrogens (tertiary/aromatic N) is 2. The van der Waals surface area contributed by atoms with E-state index in [1.807, 2.05) is 5.32 Å². The second-order valence-corrected chi connectivity index (χ2v) is 10.9. The average Bonchev–Trinajstić information content (AvgIpc) is 3.39. The third kappa shape index (κ3) is 7.82. The minimum Gasteiger partial charge on any atom is -0.490 e. The molecule has 2 unspecified atom stereocenters. The highest BCUT2D eigenvalue weighted by atomic mass is 19.4. The number of fused-ring (bicyclic) bond motifs is 2. The van der Waals surface area contributed by atoms with E-state index < -0.39 is 54.7 Å². The number of aromatic nitrogens is 1. The topological polar surface area (TPSA) is 149 Å². The maximum Gasteiger partial charge on any atom is 0.405 e. The summed E-state index contributed by atoms with van der Waals surface area (Å²) in [5, 5.41) is 30.4. The number of pyridine rings is 1. The van der Waals surface area contributed by atoms with E-state index in [0.717, 1.165) is 5.39 Å². The quantitative estimate of drug-likeness (QED) is 0.231. The SMILES string of the molecule is O=C(NC1c2ccccc2OC[C@H]1O)C(Cc1cc2cnccc2o1)C[C@H](O)CN1CCNC[C@H]1C(=O)NCC(F)(F)F. The summed E-state index contributed by atoms with van der Waals surface area (Å²) in [4.78, 5) is 32.0. The number of aliphatic hydroxyl groups excluding tert-OH is 2. The van der Waals surface area contributed by atoms with E-state index in [-0.39, 0.29) is 32.5 Å². The molecule has 2 aliphatic rings. The molecule has 2 amide bonds. The van der Waals surface area contributed by atoms with E-state index >= 15 is 0 Å². The number of para-hydroxylation sites is 1. The van der Waals surface area contributed by atoms with Gasteiger partial charge in [0, 0.05) is 61.9 Å². The molecule has 11 nitrogen and oxygen atoms in total. The van der Waals surface area contributed by atoms with E-state index in [9.17, 15) is 33.0 Å². The molecule has 43 heavy (non-hydrogen) atoms. The highest BCUT2D eigenvalue weighted by Crippen LogP contribution is 2.33. The Morgan fingerprint density at radius 2 is 2.05 bits per heavy atom. The molecule has 4 heterocycles. The number of hydrogen-bond donors (Lipinski definition) is 5. The predicted octanol–water partition coefficient (Wildman–Crippen LogP) is 1.30. The fourth-order valence-electron chi connectivity index (χ4n) is 5.56. The number of nitrogens with one attached hydrogen (secondary N) is 3. The molecular formula is C29H34F3N5O6. The van der Waals surface area contributed by atoms with Crippen molar-refractivity contribution >= 4 is 22.8 Å². The molecule has 1 saturated heterocycles. The predicted molar refractivity (Wildman–Crippen MR) is 148 cm³/mol. The van der Waals surface area contributed by atoms with Gasteiger partial charge in [-0.2, -0.15) is 13.2 Å². The summed E-state index contributed by atoms with van der Waals surface area (Å²) in [5.74, 6) is -0.999. The number of rotatable bonds is 10. The number of halogens is 3. The van der Waals surface area contributed by atoms with Crippen LogP contribution in [0.3, 0.4) is 0 Å². The Labute approximate surface area is 245 Å². The summed E-state index contributed by atoms with van der Waals surface area (Å²) in [6.45, 7) is -0.577. The summed E-state index contributed by atoms with van der Waals surface area (Å²) in [7, 11) is 0. The van der Waals surface area contributed by atoms with Gasteiger partial charge in [0.25, 0.3) is 0 Å². The van der Waals surface area contributed by atoms with Crippen LogP contribution in [0.5, 0.6) is 5.75 Å². The van der Waals surface area contributed by atoms with Crippen LogP contribution in [0.1, 0.15) is 23.8 Å². The minimum atomic E-state index is -4.55. The normalized spacial score (nSPS) is 22.3. The number of piperazine rings is 1. The number of ether oxygens (including phenoxy) is 1. The first-order valence-corrected chi connectivity index (χ1v) is 14.1. The van der Waals surface area contributed by atoms with Crippen molar-refractivity contribution in [2.75, 3.05) is 39.3 Å². The van der Waals surface area contributed by atoms with Crippen LogP contribution >= 0.6 is 0 Å². The van der Waals surface area contributed by atoms with Gasteiger partial charge < -0.3 is 35.3 Å². The highest BCUT2D eigenvalue weighted by molar-refractivity contribution is 5.82. The molecule has 5 rings (SSSR count). The second kappa shape index (κ2) is 13.3. The monoisotopic (exact) mass is 605 g/mol. The molecule has 2 aliphatic heterocycles. The molecule has 14 heteroatoms. The van der Waals surface area contributed by atoms with Crippen molar-refractivity contribution in [1.29, 1.82) is 0 Å². The Kier molecular flexibility index (Phi) is 9.49. The molecule has 5 N–H and O–H groups in total. The van der Waals surface area contributed by atoms with Crippen LogP contribution in [0.2, 0.25) is 0 Å². The largest absolute Gasteiger partial charge is 0.490 e. The molecule has 0 radical (unpaired) electrons. The van der Waals surface area contributed by atoms with Gasteiger partial charge in [0.2, 0.25) is 11.8 Å². The Hall–Kier alpha value is -3.72. The van der Waals surface area contributed by atoms with Gasteiger partial charge in [-0.1, -0.05) is 18.2 Å². The van der Waals surface area contributed by atoms with Crippen molar-refractivity contribution in [2.45, 2.75) is 43.3 Å². The first-order valence-electron chi connectivity index (χ1n) is 14.1. The van der Waals surface area contributed by atoms with Crippen LogP contribution in [0, 0.1) is 5.92 Å². The summed E-state index contributed by atoms with van der Waals surface area (Å²) in [6.07, 6.45) is -3.35. The minimum absolute atomic E-state index is 0.00733. The van der Waals surface area contributed by atoms with Crippen LogP contribution < -0.4 is 20.7 Å². The van der Waals surface area contributed by atoms with Crippen LogP contribution in [-0.4, -0.2) is 95.7 Å². The Balaban J connectivity index is 1.31. The molecule has 1 aromatic carbocycles. The van der Waals surface area contributed by atoms with Crippen LogP contribution in [-0.2, 0) is 16.0 Å². The number of hydrogen-bond acceptors (Lipinski definition) is 9. The van der Waals surface area contributed by atoms with Gasteiger partial charge in [-0.05, 0) is 24.6 Å². The molecule has 5 atom stereocenters. The molecule has 1 fully saturated rings. The summed E-state index contributed by atoms with van der Waals surface area (Å²) in [5.41, 5.74) is 1.21. The number of alkyl halides is 3. The van der Waals surface area contributed by atoms with Crippen molar-refractivity contribution in [3.05, 3.63) is 60.1 Å². The Bertz CT molecular complexity index is 1390. The molecule has 0 saturated carbocycles. The van der Waals surface area contributed by atoms with Gasteiger partial charge in [-0.15, -0.1) is 0 Å². The van der Waals surface area contributed by atoms with Gasteiger partial charge in [-0.25, -0.2) is 0 Å².